The first-order valence-corrected chi connectivity index (χ1v) is 8.50. The van der Waals surface area contributed by atoms with Crippen LogP contribution in [0.2, 0.25) is 0 Å². The molecule has 2 nitrogen and oxygen atoms in total. The molecule has 2 aromatic rings. The molecule has 0 radical (unpaired) electrons. The zero-order chi connectivity index (χ0) is 14.7. The molecule has 1 saturated carbocycles. The topological polar surface area (TPSA) is 16.1 Å². The summed E-state index contributed by atoms with van der Waals surface area (Å²) in [5, 5.41) is 1.17. The second-order valence-electron chi connectivity index (χ2n) is 6.05. The zero-order valence-electron chi connectivity index (χ0n) is 12.7. The van der Waals surface area contributed by atoms with Gasteiger partial charge in [0.1, 0.15) is 5.82 Å². The van der Waals surface area contributed by atoms with Crippen LogP contribution < -0.4 is 4.90 Å². The maximum absolute atomic E-state index is 6.18. The zero-order valence-corrected chi connectivity index (χ0v) is 13.4. The number of anilines is 1. The number of hydrogen-bond acceptors (Lipinski definition) is 2. The van der Waals surface area contributed by atoms with E-state index in [4.69, 9.17) is 16.6 Å². The van der Waals surface area contributed by atoms with E-state index >= 15 is 0 Å². The van der Waals surface area contributed by atoms with Crippen LogP contribution >= 0.6 is 11.6 Å². The van der Waals surface area contributed by atoms with E-state index < -0.39 is 0 Å². The average Bonchev–Trinajstić information content (AvgIpc) is 2.82. The van der Waals surface area contributed by atoms with Crippen molar-refractivity contribution in [2.45, 2.75) is 50.4 Å². The fraction of sp³-hybridized carbons (Fsp3) is 0.500. The third kappa shape index (κ3) is 3.16. The minimum Gasteiger partial charge on any atom is -0.356 e. The van der Waals surface area contributed by atoms with Crippen LogP contribution in [0.1, 0.15) is 44.1 Å². The molecule has 1 aliphatic rings. The molecule has 0 atom stereocenters. The lowest BCUT2D eigenvalue weighted by Crippen LogP contribution is -2.32. The Morgan fingerprint density at radius 2 is 1.86 bits per heavy atom. The summed E-state index contributed by atoms with van der Waals surface area (Å²) < 4.78 is 0. The molecule has 0 spiro atoms. The van der Waals surface area contributed by atoms with Crippen molar-refractivity contribution in [1.82, 2.24) is 4.98 Å². The molecule has 1 aromatic heterocycles. The Balaban J connectivity index is 1.97. The van der Waals surface area contributed by atoms with Gasteiger partial charge < -0.3 is 4.90 Å². The van der Waals surface area contributed by atoms with Crippen LogP contribution in [0, 0.1) is 0 Å². The fourth-order valence-corrected chi connectivity index (χ4v) is 3.57. The molecule has 1 fully saturated rings. The smallest absolute Gasteiger partial charge is 0.133 e. The molecule has 1 heterocycles. The van der Waals surface area contributed by atoms with Crippen LogP contribution in [-0.4, -0.2) is 18.1 Å². The van der Waals surface area contributed by atoms with Gasteiger partial charge in [-0.3, -0.25) is 0 Å². The van der Waals surface area contributed by atoms with Crippen molar-refractivity contribution in [3.63, 3.8) is 0 Å². The summed E-state index contributed by atoms with van der Waals surface area (Å²) in [6, 6.07) is 11.1. The van der Waals surface area contributed by atoms with Crippen LogP contribution in [0.5, 0.6) is 0 Å². The quantitative estimate of drug-likeness (QED) is 0.577. The SMILES string of the molecule is CN(c1nc2ccccc2cc1CCl)C1CCCCCC1. The molecule has 0 unspecified atom stereocenters. The first kappa shape index (κ1) is 14.6. The van der Waals surface area contributed by atoms with Gasteiger partial charge in [0.25, 0.3) is 0 Å². The average molecular weight is 303 g/mol. The number of halogens is 1. The summed E-state index contributed by atoms with van der Waals surface area (Å²) in [6.45, 7) is 0. The van der Waals surface area contributed by atoms with Gasteiger partial charge in [-0.25, -0.2) is 4.98 Å². The fourth-order valence-electron chi connectivity index (χ4n) is 3.37. The minimum atomic E-state index is 0.518. The van der Waals surface area contributed by atoms with Crippen LogP contribution in [0.15, 0.2) is 30.3 Å². The van der Waals surface area contributed by atoms with Crippen molar-refractivity contribution in [2.24, 2.45) is 0 Å². The van der Waals surface area contributed by atoms with Crippen LogP contribution in [0.3, 0.4) is 0 Å². The Labute approximate surface area is 132 Å². The maximum Gasteiger partial charge on any atom is 0.133 e. The molecule has 21 heavy (non-hydrogen) atoms. The monoisotopic (exact) mass is 302 g/mol. The molecule has 1 aromatic carbocycles. The van der Waals surface area contributed by atoms with E-state index in [1.165, 1.54) is 43.9 Å². The highest BCUT2D eigenvalue weighted by atomic mass is 35.5. The van der Waals surface area contributed by atoms with Gasteiger partial charge in [-0.2, -0.15) is 0 Å². The number of para-hydroxylation sites is 1. The Morgan fingerprint density at radius 3 is 2.57 bits per heavy atom. The van der Waals surface area contributed by atoms with E-state index in [0.717, 1.165) is 16.9 Å². The van der Waals surface area contributed by atoms with Gasteiger partial charge >= 0.3 is 0 Å². The van der Waals surface area contributed by atoms with E-state index in [2.05, 4.69) is 36.2 Å². The molecule has 3 rings (SSSR count). The predicted octanol–water partition coefficient (Wildman–Crippen LogP) is 5.13. The number of benzene rings is 1. The first-order chi connectivity index (χ1) is 10.3. The van der Waals surface area contributed by atoms with Crippen molar-refractivity contribution < 1.29 is 0 Å². The third-order valence-electron chi connectivity index (χ3n) is 4.63. The molecule has 1 aliphatic carbocycles. The molecule has 0 amide bonds. The third-order valence-corrected chi connectivity index (χ3v) is 4.92. The maximum atomic E-state index is 6.18. The normalized spacial score (nSPS) is 16.9. The van der Waals surface area contributed by atoms with Crippen LogP contribution in [0.4, 0.5) is 5.82 Å². The first-order valence-electron chi connectivity index (χ1n) is 7.97. The number of rotatable bonds is 3. The van der Waals surface area contributed by atoms with Gasteiger partial charge in [-0.1, -0.05) is 43.9 Å². The summed E-state index contributed by atoms with van der Waals surface area (Å²) in [5.41, 5.74) is 2.20. The van der Waals surface area contributed by atoms with Crippen molar-refractivity contribution in [3.05, 3.63) is 35.9 Å². The lowest BCUT2D eigenvalue weighted by molar-refractivity contribution is 0.549. The molecule has 0 bridgehead atoms. The Morgan fingerprint density at radius 1 is 1.14 bits per heavy atom. The van der Waals surface area contributed by atoms with Gasteiger partial charge in [0.2, 0.25) is 0 Å². The highest BCUT2D eigenvalue weighted by Gasteiger charge is 2.20. The van der Waals surface area contributed by atoms with Crippen molar-refractivity contribution in [2.75, 3.05) is 11.9 Å². The Hall–Kier alpha value is -1.28. The van der Waals surface area contributed by atoms with E-state index in [1.54, 1.807) is 0 Å². The molecule has 112 valence electrons. The van der Waals surface area contributed by atoms with Crippen LogP contribution in [0.25, 0.3) is 10.9 Å². The van der Waals surface area contributed by atoms with E-state index in [1.807, 2.05) is 6.07 Å². The number of pyridine rings is 1. The largest absolute Gasteiger partial charge is 0.356 e. The second kappa shape index (κ2) is 6.65. The summed E-state index contributed by atoms with van der Waals surface area (Å²) in [7, 11) is 2.18. The highest BCUT2D eigenvalue weighted by Crippen LogP contribution is 2.29. The van der Waals surface area contributed by atoms with Gasteiger partial charge in [-0.05, 0) is 25.0 Å². The predicted molar refractivity (Wildman–Crippen MR) is 91.2 cm³/mol. The lowest BCUT2D eigenvalue weighted by Gasteiger charge is -2.30. The van der Waals surface area contributed by atoms with E-state index in [-0.39, 0.29) is 0 Å². The number of alkyl halides is 1. The number of fused-ring (bicyclic) bond motifs is 1. The van der Waals surface area contributed by atoms with Crippen LogP contribution in [-0.2, 0) is 5.88 Å². The minimum absolute atomic E-state index is 0.518. The van der Waals surface area contributed by atoms with E-state index in [0.29, 0.717) is 11.9 Å². The molecule has 3 heteroatoms. The number of aromatic nitrogens is 1. The molecule has 0 saturated heterocycles. The second-order valence-corrected chi connectivity index (χ2v) is 6.32. The molecule has 0 N–H and O–H groups in total. The number of hydrogen-bond donors (Lipinski definition) is 0. The van der Waals surface area contributed by atoms with Gasteiger partial charge in [0.05, 0.1) is 11.4 Å². The summed E-state index contributed by atoms with van der Waals surface area (Å²) in [5.74, 6) is 1.58. The lowest BCUT2D eigenvalue weighted by atomic mass is 10.1. The van der Waals surface area contributed by atoms with Crippen molar-refractivity contribution in [3.8, 4) is 0 Å². The summed E-state index contributed by atoms with van der Waals surface area (Å²) in [6.07, 6.45) is 7.95. The molecular formula is C18H23ClN2. The Kier molecular flexibility index (Phi) is 4.64. The summed E-state index contributed by atoms with van der Waals surface area (Å²) in [4.78, 5) is 7.26. The Bertz CT molecular complexity index is 603. The summed E-state index contributed by atoms with van der Waals surface area (Å²) >= 11 is 6.18. The standard InChI is InChI=1S/C18H23ClN2/c1-21(16-9-4-2-3-5-10-16)18-15(13-19)12-14-8-6-7-11-17(14)20-18/h6-8,11-12,16H,2-5,9-10,13H2,1H3. The van der Waals surface area contributed by atoms with Gasteiger partial charge in [-0.15, -0.1) is 11.6 Å². The highest BCUT2D eigenvalue weighted by molar-refractivity contribution is 6.17. The molecular weight excluding hydrogens is 280 g/mol. The van der Waals surface area contributed by atoms with Crippen molar-refractivity contribution in [1.29, 1.82) is 0 Å². The number of nitrogens with zero attached hydrogens (tertiary/aromatic N) is 2. The molecule has 0 aliphatic heterocycles. The van der Waals surface area contributed by atoms with Crippen molar-refractivity contribution >= 4 is 28.3 Å². The van der Waals surface area contributed by atoms with E-state index in [9.17, 15) is 0 Å². The van der Waals surface area contributed by atoms with Gasteiger partial charge in [0.15, 0.2) is 0 Å². The van der Waals surface area contributed by atoms with Gasteiger partial charge in [0, 0.05) is 24.0 Å².